The fourth-order valence-corrected chi connectivity index (χ4v) is 0. The zero-order chi connectivity index (χ0) is 3.41. The topological polar surface area (TPSA) is 0 Å². The van der Waals surface area contributed by atoms with Gasteiger partial charge in [-0.2, -0.15) is 13.1 Å². The molecule has 0 aromatic rings. The van der Waals surface area contributed by atoms with E-state index in [9.17, 15) is 0 Å². The molecule has 4 heavy (non-hydrogen) atoms. The molecule has 0 aliphatic carbocycles. The lowest BCUT2D eigenvalue weighted by Gasteiger charge is -1.74. The molecule has 0 aliphatic heterocycles. The van der Waals surface area contributed by atoms with Gasteiger partial charge in [-0.25, -0.2) is 0 Å². The maximum atomic E-state index is 2.31. The Kier molecular flexibility index (Phi) is 3.11. The maximum absolute atomic E-state index is 2.31. The second-order valence-corrected chi connectivity index (χ2v) is 1.41. The van der Waals surface area contributed by atoms with Crippen molar-refractivity contribution in [3.63, 3.8) is 0 Å². The first-order valence-electron chi connectivity index (χ1n) is 2.41. The minimum absolute atomic E-state index is 0.514. The van der Waals surface area contributed by atoms with Crippen molar-refractivity contribution >= 4 is 7.28 Å². The molecule has 0 unspecified atom stereocenters. The van der Waals surface area contributed by atoms with Crippen LogP contribution in [0.15, 0.2) is 0 Å². The molecule has 0 saturated heterocycles. The van der Waals surface area contributed by atoms with Crippen LogP contribution in [0.5, 0.6) is 0 Å². The van der Waals surface area contributed by atoms with E-state index in [-0.39, 0.29) is 0 Å². The second kappa shape index (κ2) is 3.06. The fraction of sp³-hybridized carbons (Fsp3) is 1.00. The summed E-state index contributed by atoms with van der Waals surface area (Å²) in [5, 5.41) is 0. The van der Waals surface area contributed by atoms with Crippen molar-refractivity contribution in [3.05, 3.63) is 0 Å². The summed E-state index contributed by atoms with van der Waals surface area (Å²) >= 11 is 0. The average Bonchev–Trinajstić information content (AvgIpc) is 1.37. The molecule has 0 amide bonds. The van der Waals surface area contributed by atoms with Crippen LogP contribution in [0.2, 0.25) is 13.1 Å². The highest BCUT2D eigenvalue weighted by molar-refractivity contribution is 6.33. The first-order valence-corrected chi connectivity index (χ1v) is 2.41. The summed E-state index contributed by atoms with van der Waals surface area (Å²) < 4.78 is 0. The third-order valence-corrected chi connectivity index (χ3v) is 0.707. The Morgan fingerprint density at radius 2 is 2.00 bits per heavy atom. The zero-order valence-electron chi connectivity index (χ0n) is 3.71. The van der Waals surface area contributed by atoms with Crippen molar-refractivity contribution in [1.82, 2.24) is 0 Å². The van der Waals surface area contributed by atoms with Gasteiger partial charge >= 0.3 is 0 Å². The number of hydrogen-bond donors (Lipinski definition) is 0. The zero-order valence-corrected chi connectivity index (χ0v) is 3.71. The van der Waals surface area contributed by atoms with Gasteiger partial charge in [0.1, 0.15) is 0 Å². The molecule has 0 saturated carbocycles. The molecule has 0 radical (unpaired) electrons. The van der Waals surface area contributed by atoms with Crippen LogP contribution in [0.4, 0.5) is 0 Å². The normalized spacial score (nSPS) is 7.50. The van der Waals surface area contributed by atoms with Crippen LogP contribution in [0.25, 0.3) is 0 Å². The molecule has 1 heteroatoms. The first-order chi connectivity index (χ1) is 1.91. The Labute approximate surface area is 28.5 Å². The molecule has 0 aliphatic rings. The lowest BCUT2D eigenvalue weighted by molar-refractivity contribution is 1.45. The highest BCUT2D eigenvalue weighted by Gasteiger charge is 1.50. The molecule has 26 valence electrons. The van der Waals surface area contributed by atoms with Gasteiger partial charge in [0, 0.05) is 0 Å². The predicted octanol–water partition coefficient (Wildman–Crippen LogP) is 0.641. The van der Waals surface area contributed by atoms with Crippen LogP contribution < -0.4 is 0 Å². The van der Waals surface area contributed by atoms with Gasteiger partial charge in [0.2, 0.25) is 0 Å². The first kappa shape index (κ1) is 4.06. The van der Waals surface area contributed by atoms with E-state index in [1.165, 1.54) is 6.32 Å². The quantitative estimate of drug-likeness (QED) is 0.387. The van der Waals surface area contributed by atoms with E-state index in [0.717, 1.165) is 0 Å². The van der Waals surface area contributed by atoms with E-state index in [1.54, 1.807) is 0 Å². The van der Waals surface area contributed by atoms with Gasteiger partial charge < -0.3 is 0 Å². The summed E-state index contributed by atoms with van der Waals surface area (Å²) in [4.78, 5) is 0. The van der Waals surface area contributed by atoms with Gasteiger partial charge in [-0.3, -0.25) is 0 Å². The third kappa shape index (κ3) is 2.06. The van der Waals surface area contributed by atoms with E-state index in [1.807, 2.05) is 0 Å². The molecule has 0 rings (SSSR count). The van der Waals surface area contributed by atoms with Gasteiger partial charge in [-0.1, -0.05) is 6.92 Å². The minimum Gasteiger partial charge on any atom is -0.196 e. The smallest absolute Gasteiger partial charge is 0.0359 e. The van der Waals surface area contributed by atoms with Gasteiger partial charge in [-0.15, -0.1) is 0 Å². The maximum Gasteiger partial charge on any atom is -0.0359 e. The second-order valence-electron chi connectivity index (χ2n) is 1.41. The van der Waals surface area contributed by atoms with Crippen LogP contribution in [0.1, 0.15) is 6.92 Å². The molecule has 0 N–H and O–H groups in total. The summed E-state index contributed by atoms with van der Waals surface area (Å²) in [5.74, 6) is 0. The van der Waals surface area contributed by atoms with Crippen LogP contribution >= 0.6 is 0 Å². The molecular weight excluding hydrogens is 46.8 g/mol. The van der Waals surface area contributed by atoms with Crippen LogP contribution in [0.3, 0.4) is 0 Å². The lowest BCUT2D eigenvalue weighted by Crippen LogP contribution is -1.67. The van der Waals surface area contributed by atoms with Crippen molar-refractivity contribution < 1.29 is 0 Å². The average molecular weight is 56.9 g/mol. The molecule has 0 aromatic heterocycles. The SMILES string of the molecule is C[BH2-]CC. The van der Waals surface area contributed by atoms with E-state index in [0.29, 0.717) is 7.28 Å². The fourth-order valence-electron chi connectivity index (χ4n) is 0. The molecule has 0 bridgehead atoms. The Morgan fingerprint density at radius 1 is 1.75 bits per heavy atom. The summed E-state index contributed by atoms with van der Waals surface area (Å²) in [5.41, 5.74) is 0. The van der Waals surface area contributed by atoms with E-state index >= 15 is 0 Å². The Balaban J connectivity index is 1.97. The summed E-state index contributed by atoms with van der Waals surface area (Å²) in [6.07, 6.45) is 1.44. The molecule has 0 atom stereocenters. The van der Waals surface area contributed by atoms with Gasteiger partial charge in [-0.05, 0) is 7.28 Å². The largest absolute Gasteiger partial charge is 0.196 e. The molecule has 0 fully saturated rings. The number of hydrogen-bond acceptors (Lipinski definition) is 0. The van der Waals surface area contributed by atoms with Gasteiger partial charge in [0.15, 0.2) is 0 Å². The monoisotopic (exact) mass is 57.1 g/mol. The van der Waals surface area contributed by atoms with E-state index in [4.69, 9.17) is 0 Å². The van der Waals surface area contributed by atoms with Crippen molar-refractivity contribution in [3.8, 4) is 0 Å². The van der Waals surface area contributed by atoms with Crippen LogP contribution in [-0.4, -0.2) is 7.28 Å². The molecule has 0 aromatic carbocycles. The summed E-state index contributed by atoms with van der Waals surface area (Å²) in [6.45, 7) is 4.54. The van der Waals surface area contributed by atoms with Crippen molar-refractivity contribution in [2.45, 2.75) is 20.1 Å². The lowest BCUT2D eigenvalue weighted by atomic mass is 9.79. The Bertz CT molecular complexity index is 5.25. The van der Waals surface area contributed by atoms with Gasteiger partial charge in [0.05, 0.1) is 0 Å². The van der Waals surface area contributed by atoms with Crippen molar-refractivity contribution in [1.29, 1.82) is 0 Å². The van der Waals surface area contributed by atoms with Gasteiger partial charge in [0.25, 0.3) is 0 Å². The van der Waals surface area contributed by atoms with Crippen LogP contribution in [0, 0.1) is 0 Å². The molecule has 0 nitrogen and oxygen atoms in total. The van der Waals surface area contributed by atoms with Crippen LogP contribution in [-0.2, 0) is 0 Å². The van der Waals surface area contributed by atoms with Crippen molar-refractivity contribution in [2.75, 3.05) is 0 Å². The Morgan fingerprint density at radius 3 is 2.00 bits per heavy atom. The van der Waals surface area contributed by atoms with Crippen molar-refractivity contribution in [2.24, 2.45) is 0 Å². The molecule has 0 heterocycles. The summed E-state index contributed by atoms with van der Waals surface area (Å²) in [6, 6.07) is 0. The minimum atomic E-state index is 0.514. The Hall–Kier alpha value is 0.0649. The standard InChI is InChI=1S/C3H10B/c1-3-4-2/h3-4H2,1-2H3/q-1. The highest BCUT2D eigenvalue weighted by Crippen LogP contribution is 1.64. The highest BCUT2D eigenvalue weighted by atomic mass is 13.3. The third-order valence-electron chi connectivity index (χ3n) is 0.707. The molecular formula is C3H10B-. The van der Waals surface area contributed by atoms with E-state index in [2.05, 4.69) is 13.7 Å². The van der Waals surface area contributed by atoms with E-state index < -0.39 is 0 Å². The molecule has 0 spiro atoms. The number of rotatable bonds is 1. The predicted molar refractivity (Wildman–Crippen MR) is 24.9 cm³/mol. The summed E-state index contributed by atoms with van der Waals surface area (Å²) in [7, 11) is 0.514.